The Hall–Kier alpha value is -4.46. The van der Waals surface area contributed by atoms with E-state index in [0.717, 1.165) is 67.3 Å². The van der Waals surface area contributed by atoms with Crippen molar-refractivity contribution in [3.8, 4) is 34.2 Å². The second-order valence-electron chi connectivity index (χ2n) is 16.0. The minimum Gasteiger partial charge on any atom is -0.796 e. The zero-order chi connectivity index (χ0) is 53.4. The summed E-state index contributed by atoms with van der Waals surface area (Å²) < 4.78 is 114. The van der Waals surface area contributed by atoms with E-state index in [0.29, 0.717) is 66.7 Å². The predicted molar refractivity (Wildman–Crippen MR) is 280 cm³/mol. The molecule has 0 saturated heterocycles. The van der Waals surface area contributed by atoms with Gasteiger partial charge in [0.1, 0.15) is 27.5 Å². The molecule has 1 atom stereocenters. The van der Waals surface area contributed by atoms with Crippen LogP contribution in [0.2, 0.25) is 5.15 Å². The van der Waals surface area contributed by atoms with Crippen LogP contribution in [0.4, 0.5) is 30.7 Å². The number of hydrogen-bond acceptors (Lipinski definition) is 12. The average Bonchev–Trinajstić information content (AvgIpc) is 4.33. The molecule has 13 nitrogen and oxygen atoms in total. The fourth-order valence-corrected chi connectivity index (χ4v) is 8.62. The summed E-state index contributed by atoms with van der Waals surface area (Å²) >= 11 is 21.0. The molecule has 3 aromatic carbocycles. The van der Waals surface area contributed by atoms with Gasteiger partial charge in [0.25, 0.3) is 0 Å². The number of benzene rings is 3. The number of halogens is 10. The molecule has 0 N–H and O–H groups in total. The van der Waals surface area contributed by atoms with E-state index in [2.05, 4.69) is 58.2 Å². The summed E-state index contributed by atoms with van der Waals surface area (Å²) in [5, 5.41) is 24.8. The Kier molecular flexibility index (Phi) is 22.1. The Bertz CT molecular complexity index is 3460. The summed E-state index contributed by atoms with van der Waals surface area (Å²) in [6.07, 6.45) is 15.6. The molecule has 3 saturated carbocycles. The molecule has 6 aromatic heterocycles. The summed E-state index contributed by atoms with van der Waals surface area (Å²) in [6, 6.07) is 12.9. The van der Waals surface area contributed by atoms with E-state index in [-0.39, 0.29) is 65.6 Å². The first-order valence-corrected chi connectivity index (χ1v) is 26.7. The Morgan fingerprint density at radius 2 is 0.933 bits per heavy atom. The van der Waals surface area contributed by atoms with Crippen LogP contribution < -0.4 is 29.6 Å². The average molecular weight is 1170 g/mol. The Morgan fingerprint density at radius 3 is 1.27 bits per heavy atom. The summed E-state index contributed by atoms with van der Waals surface area (Å²) in [6.45, 7) is 0. The SMILES string of the molecule is C.CS(=O)c1cc(-c2nc3cc(F)c(F)cc3n2C2CC2)cnn1.CSc1cc(-c2nc3cc(F)c(F)cc3n2C2CC2)cnn1.C[S-].ClCCl.Fc1cc2nc(-c3cnnc(Cl)c3)n(C3CC3)c2cc1F.[2H]CF.[Na+]. The van der Waals surface area contributed by atoms with Crippen LogP contribution in [0.1, 0.15) is 65.4 Å². The standard InChI is InChI=1S/C15H12F2N4OS.C15H12F2N4S.C14H9ClF2N4.CH2Cl2.CH3F.CH4S.CH4.Na/c1-23(22)14-4-8(7-18-20-14)15-19-12-5-10(16)11(17)6-13(12)21(15)9-2-3-9;1-22-14-4-8(7-18-20-14)15-19-12-5-10(16)11(17)6-13(12)21(15)9-2-3-9;15-13-3-7(6-18-20-13)14-19-11-4-9(16)10(17)5-12(11)21(14)8-1-2-8;2-1-3;2*1-2;;/h4-7,9H,2-3H2,1H3;4-7,9H,2-3H2,1H3;3-6,8H,1-2H2;1H2;1H3;2H,1H3;1H4;/q;;;;;;;+1/p-1/i;;;;1D;;;. The molecule has 3 aliphatic rings. The van der Waals surface area contributed by atoms with Crippen molar-refractivity contribution in [2.24, 2.45) is 0 Å². The maximum Gasteiger partial charge on any atom is 1.00 e. The van der Waals surface area contributed by atoms with Crippen molar-refractivity contribution in [3.05, 3.63) is 113 Å². The van der Waals surface area contributed by atoms with E-state index in [1.165, 1.54) is 42.4 Å². The van der Waals surface area contributed by atoms with Gasteiger partial charge in [-0.3, -0.25) is 8.60 Å². The molecule has 27 heteroatoms. The number of aromatic nitrogens is 12. The second-order valence-corrected chi connectivity index (χ2v) is 19.3. The van der Waals surface area contributed by atoms with Crippen LogP contribution in [0.15, 0.2) is 83.2 Å². The van der Waals surface area contributed by atoms with Crippen LogP contribution in [0, 0.1) is 34.9 Å². The molecule has 6 heterocycles. The molecule has 3 fully saturated rings. The molecule has 0 aliphatic heterocycles. The third-order valence-corrected chi connectivity index (χ3v) is 12.7. The number of fused-ring (bicyclic) bond motifs is 3. The van der Waals surface area contributed by atoms with Gasteiger partial charge in [-0.05, 0) is 63.0 Å². The van der Waals surface area contributed by atoms with Gasteiger partial charge in [-0.1, -0.05) is 19.0 Å². The van der Waals surface area contributed by atoms with E-state index in [9.17, 15) is 34.9 Å². The fraction of sp³-hybridized carbons (Fsp3) is 0.312. The Labute approximate surface area is 477 Å². The van der Waals surface area contributed by atoms with E-state index in [1.54, 1.807) is 30.8 Å². The van der Waals surface area contributed by atoms with Crippen LogP contribution in [0.25, 0.3) is 67.3 Å². The second kappa shape index (κ2) is 27.7. The van der Waals surface area contributed by atoms with Crippen LogP contribution in [-0.2, 0) is 23.4 Å². The van der Waals surface area contributed by atoms with Crippen molar-refractivity contribution in [2.45, 2.75) is 74.1 Å². The molecule has 75 heavy (non-hydrogen) atoms. The normalized spacial score (nSPS) is 13.9. The largest absolute Gasteiger partial charge is 1.00 e. The van der Waals surface area contributed by atoms with E-state index in [1.807, 2.05) is 26.0 Å². The molecule has 0 amide bonds. The third kappa shape index (κ3) is 14.4. The molecular formula is C48H45Cl3F7N12NaOS3. The Morgan fingerprint density at radius 1 is 0.613 bits per heavy atom. The smallest absolute Gasteiger partial charge is 0.796 e. The molecule has 3 aliphatic carbocycles. The molecule has 1 unspecified atom stereocenters. The van der Waals surface area contributed by atoms with Crippen molar-refractivity contribution in [2.75, 3.05) is 31.3 Å². The van der Waals surface area contributed by atoms with Crippen LogP contribution in [-0.4, -0.2) is 94.7 Å². The molecule has 392 valence electrons. The van der Waals surface area contributed by atoms with Gasteiger partial charge in [-0.2, -0.15) is 21.6 Å². The summed E-state index contributed by atoms with van der Waals surface area (Å²) in [5.41, 5.74) is 5.15. The van der Waals surface area contributed by atoms with Gasteiger partial charge >= 0.3 is 29.6 Å². The van der Waals surface area contributed by atoms with Crippen molar-refractivity contribution in [1.29, 1.82) is 0 Å². The third-order valence-electron chi connectivity index (χ3n) is 11.1. The number of imidazole rings is 3. The maximum absolute atomic E-state index is 13.6. The van der Waals surface area contributed by atoms with Crippen LogP contribution in [0.5, 0.6) is 0 Å². The van der Waals surface area contributed by atoms with Gasteiger partial charge in [0.2, 0.25) is 0 Å². The first-order chi connectivity index (χ1) is 35.7. The van der Waals surface area contributed by atoms with E-state index in [4.69, 9.17) is 36.2 Å². The van der Waals surface area contributed by atoms with Gasteiger partial charge in [0.15, 0.2) is 40.1 Å². The monoisotopic (exact) mass is 1160 g/mol. The van der Waals surface area contributed by atoms with E-state index < -0.39 is 52.9 Å². The topological polar surface area (TPSA) is 148 Å². The van der Waals surface area contributed by atoms with E-state index >= 15 is 0 Å². The van der Waals surface area contributed by atoms with Gasteiger partial charge in [-0.25, -0.2) is 41.3 Å². The Balaban J connectivity index is 0.000000194. The first-order valence-electron chi connectivity index (χ1n) is 22.4. The predicted octanol–water partition coefficient (Wildman–Crippen LogP) is 10.2. The molecule has 0 bridgehead atoms. The minimum atomic E-state index is -1.27. The summed E-state index contributed by atoms with van der Waals surface area (Å²) in [4.78, 5) is 13.4. The molecular weight excluding hydrogens is 1120 g/mol. The number of thioether (sulfide) groups is 1. The number of nitrogens with zero attached hydrogens (tertiary/aromatic N) is 12. The van der Waals surface area contributed by atoms with Gasteiger partial charge in [0, 0.05) is 77.5 Å². The molecule has 9 aromatic rings. The quantitative estimate of drug-likeness (QED) is 0.0469. The first kappa shape index (κ1) is 59.8. The minimum absolute atomic E-state index is 0. The molecule has 12 rings (SSSR count). The fourth-order valence-electron chi connectivity index (χ4n) is 7.63. The summed E-state index contributed by atoms with van der Waals surface area (Å²) in [5.74, 6) is -3.46. The number of hydrogen-bond donors (Lipinski definition) is 0. The van der Waals surface area contributed by atoms with Crippen molar-refractivity contribution in [3.63, 3.8) is 0 Å². The zero-order valence-electron chi connectivity index (χ0n) is 40.6. The van der Waals surface area contributed by atoms with Crippen molar-refractivity contribution >= 4 is 103 Å². The molecule has 0 spiro atoms. The van der Waals surface area contributed by atoms with Crippen molar-refractivity contribution in [1.82, 2.24) is 59.2 Å². The van der Waals surface area contributed by atoms with Crippen molar-refractivity contribution < 1.29 is 65.9 Å². The zero-order valence-corrected chi connectivity index (χ0v) is 46.3. The summed E-state index contributed by atoms with van der Waals surface area (Å²) in [7, 11) is -2.27. The maximum atomic E-state index is 13.6. The molecule has 0 radical (unpaired) electrons. The number of alkyl halides is 3. The van der Waals surface area contributed by atoms with Gasteiger partial charge < -0.3 is 26.3 Å². The van der Waals surface area contributed by atoms with Gasteiger partial charge in [-0.15, -0.1) is 50.3 Å². The van der Waals surface area contributed by atoms with Crippen LogP contribution >= 0.6 is 46.6 Å². The number of rotatable bonds is 8. The van der Waals surface area contributed by atoms with Gasteiger partial charge in [0.05, 0.1) is 76.4 Å². The van der Waals surface area contributed by atoms with Crippen LogP contribution in [0.3, 0.4) is 0 Å².